The van der Waals surface area contributed by atoms with E-state index >= 15 is 0 Å². The van der Waals surface area contributed by atoms with Crippen molar-refractivity contribution >= 4 is 5.91 Å². The lowest BCUT2D eigenvalue weighted by Gasteiger charge is -2.24. The van der Waals surface area contributed by atoms with Crippen LogP contribution in [0, 0.1) is 0 Å². The standard InChI is InChI=1S/C18H19N3O4/c1-3-20(4-2)17(22)15(13-9-6-5-7-10-13)21-18(23)25-16(19-21)14-11-8-12-24-14/h5-12,15H,3-4H2,1-2H3/t15-/m0/s1. The van der Waals surface area contributed by atoms with Gasteiger partial charge >= 0.3 is 5.76 Å². The monoisotopic (exact) mass is 341 g/mol. The average Bonchev–Trinajstić information content (AvgIpc) is 3.28. The van der Waals surface area contributed by atoms with Crippen LogP contribution in [0.2, 0.25) is 0 Å². The fourth-order valence-corrected chi connectivity index (χ4v) is 2.68. The second kappa shape index (κ2) is 7.21. The molecule has 0 aliphatic carbocycles. The van der Waals surface area contributed by atoms with Crippen LogP contribution < -0.4 is 5.76 Å². The minimum atomic E-state index is -0.888. The van der Waals surface area contributed by atoms with E-state index in [-0.39, 0.29) is 11.8 Å². The number of aromatic nitrogens is 2. The molecule has 0 aliphatic rings. The Balaban J connectivity index is 2.09. The summed E-state index contributed by atoms with van der Waals surface area (Å²) in [5.74, 6) is -0.542. The molecule has 0 aliphatic heterocycles. The van der Waals surface area contributed by atoms with Gasteiger partial charge in [-0.1, -0.05) is 30.3 Å². The third kappa shape index (κ3) is 3.26. The van der Waals surface area contributed by atoms with E-state index < -0.39 is 11.8 Å². The Morgan fingerprint density at radius 3 is 2.48 bits per heavy atom. The molecule has 25 heavy (non-hydrogen) atoms. The maximum Gasteiger partial charge on any atom is 0.438 e. The molecule has 0 N–H and O–H groups in total. The van der Waals surface area contributed by atoms with Crippen LogP contribution in [0.4, 0.5) is 0 Å². The highest BCUT2D eigenvalue weighted by Gasteiger charge is 2.30. The van der Waals surface area contributed by atoms with E-state index in [4.69, 9.17) is 8.83 Å². The largest absolute Gasteiger partial charge is 0.459 e. The van der Waals surface area contributed by atoms with Gasteiger partial charge in [-0.25, -0.2) is 4.79 Å². The van der Waals surface area contributed by atoms with Crippen LogP contribution >= 0.6 is 0 Å². The van der Waals surface area contributed by atoms with E-state index in [0.717, 1.165) is 4.68 Å². The predicted molar refractivity (Wildman–Crippen MR) is 91.0 cm³/mol. The molecule has 130 valence electrons. The van der Waals surface area contributed by atoms with Gasteiger partial charge in [0.05, 0.1) is 6.26 Å². The van der Waals surface area contributed by atoms with Crippen molar-refractivity contribution in [1.82, 2.24) is 14.7 Å². The Morgan fingerprint density at radius 1 is 1.16 bits per heavy atom. The van der Waals surface area contributed by atoms with Crippen LogP contribution in [0.25, 0.3) is 11.7 Å². The maximum absolute atomic E-state index is 13.0. The van der Waals surface area contributed by atoms with Gasteiger partial charge in [-0.05, 0) is 31.5 Å². The Hall–Kier alpha value is -3.09. The molecule has 0 saturated carbocycles. The molecule has 0 fully saturated rings. The van der Waals surface area contributed by atoms with Gasteiger partial charge in [0.25, 0.3) is 11.8 Å². The Kier molecular flexibility index (Phi) is 4.83. The Labute approximate surface area is 144 Å². The third-order valence-electron chi connectivity index (χ3n) is 3.97. The number of hydrogen-bond donors (Lipinski definition) is 0. The van der Waals surface area contributed by atoms with Gasteiger partial charge in [-0.3, -0.25) is 4.79 Å². The zero-order chi connectivity index (χ0) is 17.8. The van der Waals surface area contributed by atoms with Crippen LogP contribution in [0.1, 0.15) is 25.5 Å². The SMILES string of the molecule is CCN(CC)C(=O)[C@H](c1ccccc1)n1nc(-c2ccco2)oc1=O. The summed E-state index contributed by atoms with van der Waals surface area (Å²) in [6, 6.07) is 11.5. The summed E-state index contributed by atoms with van der Waals surface area (Å²) in [5, 5.41) is 4.20. The number of hydrogen-bond acceptors (Lipinski definition) is 5. The summed E-state index contributed by atoms with van der Waals surface area (Å²) in [6.07, 6.45) is 1.46. The van der Waals surface area contributed by atoms with E-state index in [0.29, 0.717) is 24.4 Å². The van der Waals surface area contributed by atoms with E-state index in [1.807, 2.05) is 32.0 Å². The van der Waals surface area contributed by atoms with Crippen molar-refractivity contribution < 1.29 is 13.6 Å². The molecule has 3 aromatic rings. The minimum Gasteiger partial charge on any atom is -0.459 e. The molecule has 1 amide bonds. The molecule has 3 rings (SSSR count). The van der Waals surface area contributed by atoms with Crippen LogP contribution in [0.15, 0.2) is 62.4 Å². The van der Waals surface area contributed by atoms with Crippen molar-refractivity contribution in [2.45, 2.75) is 19.9 Å². The number of carbonyl (C=O) groups is 1. The molecule has 7 nitrogen and oxygen atoms in total. The molecule has 2 heterocycles. The lowest BCUT2D eigenvalue weighted by atomic mass is 10.1. The summed E-state index contributed by atoms with van der Waals surface area (Å²) >= 11 is 0. The van der Waals surface area contributed by atoms with Gasteiger partial charge in [0.15, 0.2) is 11.8 Å². The molecule has 7 heteroatoms. The van der Waals surface area contributed by atoms with Gasteiger partial charge in [-0.15, -0.1) is 5.10 Å². The quantitative estimate of drug-likeness (QED) is 0.688. The van der Waals surface area contributed by atoms with E-state index in [1.54, 1.807) is 29.2 Å². The van der Waals surface area contributed by atoms with Gasteiger partial charge in [-0.2, -0.15) is 4.68 Å². The highest BCUT2D eigenvalue weighted by molar-refractivity contribution is 5.83. The zero-order valence-electron chi connectivity index (χ0n) is 14.1. The normalized spacial score (nSPS) is 12.1. The number of nitrogens with zero attached hydrogens (tertiary/aromatic N) is 3. The van der Waals surface area contributed by atoms with Crippen LogP contribution in [0.5, 0.6) is 0 Å². The molecule has 0 bridgehead atoms. The summed E-state index contributed by atoms with van der Waals surface area (Å²) in [6.45, 7) is 4.86. The van der Waals surface area contributed by atoms with E-state index in [2.05, 4.69) is 5.10 Å². The molecule has 2 aromatic heterocycles. The molecular formula is C18H19N3O4. The fourth-order valence-electron chi connectivity index (χ4n) is 2.68. The number of likely N-dealkylation sites (N-methyl/N-ethyl adjacent to an activating group) is 1. The van der Waals surface area contributed by atoms with Crippen molar-refractivity contribution in [3.8, 4) is 11.7 Å². The lowest BCUT2D eigenvalue weighted by molar-refractivity contribution is -0.133. The summed E-state index contributed by atoms with van der Waals surface area (Å²) in [7, 11) is 0. The van der Waals surface area contributed by atoms with Gasteiger partial charge in [0, 0.05) is 13.1 Å². The number of amides is 1. The molecule has 1 atom stereocenters. The molecule has 0 spiro atoms. The van der Waals surface area contributed by atoms with Crippen LogP contribution in [-0.2, 0) is 4.79 Å². The highest BCUT2D eigenvalue weighted by atomic mass is 16.4. The summed E-state index contributed by atoms with van der Waals surface area (Å²) < 4.78 is 11.5. The van der Waals surface area contributed by atoms with Crippen molar-refractivity contribution in [2.24, 2.45) is 0 Å². The van der Waals surface area contributed by atoms with Crippen molar-refractivity contribution in [2.75, 3.05) is 13.1 Å². The summed E-state index contributed by atoms with van der Waals surface area (Å²) in [4.78, 5) is 27.0. The second-order valence-corrected chi connectivity index (χ2v) is 5.42. The van der Waals surface area contributed by atoms with E-state index in [9.17, 15) is 9.59 Å². The second-order valence-electron chi connectivity index (χ2n) is 5.42. The predicted octanol–water partition coefficient (Wildman–Crippen LogP) is 2.55. The number of benzene rings is 1. The molecule has 0 radical (unpaired) electrons. The van der Waals surface area contributed by atoms with Crippen molar-refractivity contribution in [1.29, 1.82) is 0 Å². The molecule has 1 aromatic carbocycles. The third-order valence-corrected chi connectivity index (χ3v) is 3.97. The Morgan fingerprint density at radius 2 is 1.88 bits per heavy atom. The van der Waals surface area contributed by atoms with Crippen molar-refractivity contribution in [3.05, 3.63) is 64.8 Å². The fraction of sp³-hybridized carbons (Fsp3) is 0.278. The summed E-state index contributed by atoms with van der Waals surface area (Å²) in [5.41, 5.74) is 0.667. The molecule has 0 saturated heterocycles. The molecule has 0 unspecified atom stereocenters. The first-order valence-corrected chi connectivity index (χ1v) is 8.13. The number of carbonyl (C=O) groups excluding carboxylic acids is 1. The average molecular weight is 341 g/mol. The minimum absolute atomic E-state index is 0.0447. The molecular weight excluding hydrogens is 322 g/mol. The van der Waals surface area contributed by atoms with Gasteiger partial charge < -0.3 is 13.7 Å². The smallest absolute Gasteiger partial charge is 0.438 e. The first kappa shape index (κ1) is 16.8. The topological polar surface area (TPSA) is 81.5 Å². The first-order valence-electron chi connectivity index (χ1n) is 8.13. The lowest BCUT2D eigenvalue weighted by Crippen LogP contribution is -2.40. The van der Waals surface area contributed by atoms with Crippen LogP contribution in [-0.4, -0.2) is 33.7 Å². The maximum atomic E-state index is 13.0. The van der Waals surface area contributed by atoms with Crippen molar-refractivity contribution in [3.63, 3.8) is 0 Å². The number of furan rings is 1. The highest BCUT2D eigenvalue weighted by Crippen LogP contribution is 2.22. The first-order chi connectivity index (χ1) is 12.2. The van der Waals surface area contributed by atoms with Gasteiger partial charge in [0.2, 0.25) is 0 Å². The number of rotatable bonds is 6. The van der Waals surface area contributed by atoms with Crippen LogP contribution in [0.3, 0.4) is 0 Å². The zero-order valence-corrected chi connectivity index (χ0v) is 14.1. The Bertz CT molecular complexity index is 877. The van der Waals surface area contributed by atoms with Gasteiger partial charge in [0.1, 0.15) is 0 Å². The van der Waals surface area contributed by atoms with E-state index in [1.165, 1.54) is 6.26 Å².